The van der Waals surface area contributed by atoms with E-state index < -0.39 is 0 Å². The minimum Gasteiger partial charge on any atom is -0.497 e. The first-order valence-electron chi connectivity index (χ1n) is 8.89. The first kappa shape index (κ1) is 18.5. The molecule has 0 saturated carbocycles. The van der Waals surface area contributed by atoms with E-state index in [-0.39, 0.29) is 12.0 Å². The molecule has 0 spiro atoms. The van der Waals surface area contributed by atoms with Crippen molar-refractivity contribution in [2.45, 2.75) is 12.5 Å². The van der Waals surface area contributed by atoms with Crippen LogP contribution in [0.3, 0.4) is 0 Å². The quantitative estimate of drug-likeness (QED) is 0.653. The van der Waals surface area contributed by atoms with Gasteiger partial charge in [-0.25, -0.2) is 4.98 Å². The lowest BCUT2D eigenvalue weighted by atomic mass is 10.1. The number of aromatic nitrogens is 3. The van der Waals surface area contributed by atoms with E-state index >= 15 is 0 Å². The molecule has 1 aliphatic heterocycles. The molecule has 1 N–H and O–H groups in total. The Morgan fingerprint density at radius 2 is 2.18 bits per heavy atom. The molecule has 144 valence electrons. The number of likely N-dealkylation sites (tertiary alicyclic amines) is 1. The van der Waals surface area contributed by atoms with Crippen molar-refractivity contribution in [1.29, 1.82) is 0 Å². The zero-order valence-corrected chi connectivity index (χ0v) is 16.8. The fourth-order valence-corrected chi connectivity index (χ4v) is 3.38. The van der Waals surface area contributed by atoms with Gasteiger partial charge in [0.05, 0.1) is 19.3 Å². The Morgan fingerprint density at radius 3 is 2.96 bits per heavy atom. The van der Waals surface area contributed by atoms with E-state index in [9.17, 15) is 4.79 Å². The van der Waals surface area contributed by atoms with Crippen LogP contribution in [0.5, 0.6) is 11.6 Å². The number of ether oxygens (including phenoxy) is 2. The topological polar surface area (TPSA) is 80.3 Å². The molecule has 1 aliphatic rings. The van der Waals surface area contributed by atoms with Gasteiger partial charge in [-0.3, -0.25) is 9.89 Å². The van der Waals surface area contributed by atoms with E-state index in [1.807, 2.05) is 36.4 Å². The second-order valence-electron chi connectivity index (χ2n) is 6.49. The van der Waals surface area contributed by atoms with E-state index in [4.69, 9.17) is 9.47 Å². The number of aromatic amines is 1. The molecule has 0 bridgehead atoms. The van der Waals surface area contributed by atoms with E-state index in [0.717, 1.165) is 22.2 Å². The lowest BCUT2D eigenvalue weighted by Gasteiger charge is -2.16. The first-order valence-corrected chi connectivity index (χ1v) is 9.69. The van der Waals surface area contributed by atoms with Crippen molar-refractivity contribution in [2.75, 3.05) is 20.2 Å². The van der Waals surface area contributed by atoms with E-state index in [1.165, 1.54) is 0 Å². The van der Waals surface area contributed by atoms with Crippen LogP contribution >= 0.6 is 15.9 Å². The molecular formula is C20H19BrN4O3. The van der Waals surface area contributed by atoms with Crippen molar-refractivity contribution < 1.29 is 14.3 Å². The summed E-state index contributed by atoms with van der Waals surface area (Å²) < 4.78 is 12.0. The van der Waals surface area contributed by atoms with Gasteiger partial charge in [-0.2, -0.15) is 5.10 Å². The van der Waals surface area contributed by atoms with Crippen molar-refractivity contribution in [1.82, 2.24) is 20.1 Å². The number of hydrogen-bond donors (Lipinski definition) is 1. The molecule has 28 heavy (non-hydrogen) atoms. The maximum absolute atomic E-state index is 12.8. The van der Waals surface area contributed by atoms with Crippen LogP contribution in [0.1, 0.15) is 16.9 Å². The van der Waals surface area contributed by atoms with Crippen LogP contribution < -0.4 is 9.47 Å². The summed E-state index contributed by atoms with van der Waals surface area (Å²) in [5, 5.41) is 7.12. The smallest absolute Gasteiger partial charge is 0.272 e. The SMILES string of the molecule is COc1cccc(-c2cc(C(=O)N3CCC(Oc4ccc(Br)cn4)C3)[nH]n2)c1. The summed E-state index contributed by atoms with van der Waals surface area (Å²) in [4.78, 5) is 18.8. The number of carbonyl (C=O) groups excluding carboxylic acids is 1. The van der Waals surface area contributed by atoms with Gasteiger partial charge < -0.3 is 14.4 Å². The number of benzene rings is 1. The zero-order chi connectivity index (χ0) is 19.5. The number of H-pyrrole nitrogens is 1. The average molecular weight is 443 g/mol. The fraction of sp³-hybridized carbons (Fsp3) is 0.250. The molecule has 7 nitrogen and oxygen atoms in total. The van der Waals surface area contributed by atoms with Gasteiger partial charge in [0, 0.05) is 35.3 Å². The third kappa shape index (κ3) is 4.01. The number of rotatable bonds is 5. The molecule has 1 unspecified atom stereocenters. The highest BCUT2D eigenvalue weighted by atomic mass is 79.9. The van der Waals surface area contributed by atoms with Gasteiger partial charge in [-0.05, 0) is 40.2 Å². The van der Waals surface area contributed by atoms with Crippen molar-refractivity contribution in [2.24, 2.45) is 0 Å². The Hall–Kier alpha value is -2.87. The number of amides is 1. The Labute approximate surface area is 170 Å². The molecule has 1 fully saturated rings. The molecule has 3 heterocycles. The van der Waals surface area contributed by atoms with Gasteiger partial charge in [0.2, 0.25) is 5.88 Å². The molecule has 1 aromatic carbocycles. The third-order valence-electron chi connectivity index (χ3n) is 4.59. The summed E-state index contributed by atoms with van der Waals surface area (Å²) in [7, 11) is 1.62. The number of methoxy groups -OCH3 is 1. The second-order valence-corrected chi connectivity index (χ2v) is 7.41. The molecule has 8 heteroatoms. The molecule has 3 aromatic rings. The summed E-state index contributed by atoms with van der Waals surface area (Å²) in [5.41, 5.74) is 2.05. The summed E-state index contributed by atoms with van der Waals surface area (Å²) in [6.45, 7) is 1.15. The summed E-state index contributed by atoms with van der Waals surface area (Å²) in [6, 6.07) is 13.0. The Balaban J connectivity index is 1.41. The van der Waals surface area contributed by atoms with Gasteiger partial charge in [-0.1, -0.05) is 12.1 Å². The van der Waals surface area contributed by atoms with Crippen LogP contribution in [0.4, 0.5) is 0 Å². The van der Waals surface area contributed by atoms with Crippen molar-refractivity contribution in [3.8, 4) is 22.9 Å². The average Bonchev–Trinajstić information content (AvgIpc) is 3.39. The van der Waals surface area contributed by atoms with E-state index in [0.29, 0.717) is 30.4 Å². The number of nitrogens with zero attached hydrogens (tertiary/aromatic N) is 3. The first-order chi connectivity index (χ1) is 13.6. The van der Waals surface area contributed by atoms with Gasteiger partial charge in [0.25, 0.3) is 5.91 Å². The number of halogens is 1. The highest BCUT2D eigenvalue weighted by Gasteiger charge is 2.29. The molecule has 2 aromatic heterocycles. The number of pyridine rings is 1. The van der Waals surface area contributed by atoms with Crippen LogP contribution in [-0.2, 0) is 0 Å². The maximum Gasteiger partial charge on any atom is 0.272 e. The minimum absolute atomic E-state index is 0.0709. The number of nitrogens with one attached hydrogen (secondary N) is 1. The lowest BCUT2D eigenvalue weighted by Crippen LogP contribution is -2.31. The van der Waals surface area contributed by atoms with E-state index in [2.05, 4.69) is 31.1 Å². The van der Waals surface area contributed by atoms with Crippen LogP contribution in [0.25, 0.3) is 11.3 Å². The molecule has 1 atom stereocenters. The predicted molar refractivity (Wildman–Crippen MR) is 107 cm³/mol. The third-order valence-corrected chi connectivity index (χ3v) is 5.06. The fourth-order valence-electron chi connectivity index (χ4n) is 3.14. The van der Waals surface area contributed by atoms with Gasteiger partial charge in [0.15, 0.2) is 0 Å². The molecule has 1 saturated heterocycles. The van der Waals surface area contributed by atoms with Crippen LogP contribution in [0, 0.1) is 0 Å². The van der Waals surface area contributed by atoms with Crippen molar-refractivity contribution in [3.05, 3.63) is 58.8 Å². The van der Waals surface area contributed by atoms with Gasteiger partial charge >= 0.3 is 0 Å². The highest BCUT2D eigenvalue weighted by molar-refractivity contribution is 9.10. The predicted octanol–water partition coefficient (Wildman–Crippen LogP) is 3.54. The second kappa shape index (κ2) is 8.02. The summed E-state index contributed by atoms with van der Waals surface area (Å²) in [5.74, 6) is 1.22. The molecule has 0 radical (unpaired) electrons. The van der Waals surface area contributed by atoms with Gasteiger partial charge in [-0.15, -0.1) is 0 Å². The lowest BCUT2D eigenvalue weighted by molar-refractivity contribution is 0.0765. The monoisotopic (exact) mass is 442 g/mol. The summed E-state index contributed by atoms with van der Waals surface area (Å²) in [6.07, 6.45) is 2.39. The number of hydrogen-bond acceptors (Lipinski definition) is 5. The van der Waals surface area contributed by atoms with Crippen LogP contribution in [-0.4, -0.2) is 52.3 Å². The van der Waals surface area contributed by atoms with Crippen molar-refractivity contribution in [3.63, 3.8) is 0 Å². The zero-order valence-electron chi connectivity index (χ0n) is 15.3. The van der Waals surface area contributed by atoms with E-state index in [1.54, 1.807) is 24.3 Å². The molecule has 0 aliphatic carbocycles. The van der Waals surface area contributed by atoms with Gasteiger partial charge in [0.1, 0.15) is 17.5 Å². The van der Waals surface area contributed by atoms with Crippen LogP contribution in [0.2, 0.25) is 0 Å². The Morgan fingerprint density at radius 1 is 1.29 bits per heavy atom. The number of carbonyl (C=O) groups is 1. The highest BCUT2D eigenvalue weighted by Crippen LogP contribution is 2.24. The summed E-state index contributed by atoms with van der Waals surface area (Å²) >= 11 is 3.35. The Kier molecular flexibility index (Phi) is 5.29. The normalized spacial score (nSPS) is 16.2. The largest absolute Gasteiger partial charge is 0.497 e. The van der Waals surface area contributed by atoms with Crippen LogP contribution in [0.15, 0.2) is 53.1 Å². The molecule has 4 rings (SSSR count). The minimum atomic E-state index is -0.0866. The molecular weight excluding hydrogens is 424 g/mol. The Bertz CT molecular complexity index is 974. The van der Waals surface area contributed by atoms with Crippen molar-refractivity contribution >= 4 is 21.8 Å². The standard InChI is InChI=1S/C20H19BrN4O3/c1-27-15-4-2-3-13(9-15)17-10-18(24-23-17)20(26)25-8-7-16(12-25)28-19-6-5-14(21)11-22-19/h2-6,9-11,16H,7-8,12H2,1H3,(H,23,24). The molecule has 1 amide bonds. The maximum atomic E-state index is 12.8.